The number of nitrogens with one attached hydrogen (secondary N) is 1. The molecule has 2 saturated heterocycles. The Bertz CT molecular complexity index is 1150. The Hall–Kier alpha value is -2.82. The number of methoxy groups -OCH3 is 1. The summed E-state index contributed by atoms with van der Waals surface area (Å²) in [5, 5.41) is 4.01. The van der Waals surface area contributed by atoms with Gasteiger partial charge in [-0.2, -0.15) is 0 Å². The zero-order valence-corrected chi connectivity index (χ0v) is 19.9. The van der Waals surface area contributed by atoms with E-state index in [1.165, 1.54) is 30.5 Å². The van der Waals surface area contributed by atoms with Crippen LogP contribution in [0.1, 0.15) is 34.3 Å². The van der Waals surface area contributed by atoms with Crippen molar-refractivity contribution in [3.05, 3.63) is 52.0 Å². The molecule has 2 amide bonds. The first kappa shape index (κ1) is 23.3. The lowest BCUT2D eigenvalue weighted by Gasteiger charge is -2.47. The molecule has 172 valence electrons. The lowest BCUT2D eigenvalue weighted by atomic mass is 9.84. The molecular weight excluding hydrogens is 489 g/mol. The van der Waals surface area contributed by atoms with E-state index in [9.17, 15) is 14.4 Å². The van der Waals surface area contributed by atoms with Gasteiger partial charge in [-0.25, -0.2) is 14.8 Å². The van der Waals surface area contributed by atoms with Crippen LogP contribution in [-0.2, 0) is 9.53 Å². The number of amides is 2. The van der Waals surface area contributed by atoms with Crippen molar-refractivity contribution in [2.75, 3.05) is 18.6 Å². The Morgan fingerprint density at radius 1 is 1.21 bits per heavy atom. The molecule has 9 nitrogen and oxygen atoms in total. The number of hydrogen-bond donors (Lipinski definition) is 1. The molecule has 3 atom stereocenters. The van der Waals surface area contributed by atoms with Crippen LogP contribution in [0.25, 0.3) is 0 Å². The molecule has 33 heavy (non-hydrogen) atoms. The van der Waals surface area contributed by atoms with E-state index in [1.54, 1.807) is 17.0 Å². The molecule has 3 heterocycles. The van der Waals surface area contributed by atoms with Crippen molar-refractivity contribution < 1.29 is 19.1 Å². The van der Waals surface area contributed by atoms with Crippen molar-refractivity contribution in [2.45, 2.75) is 25.4 Å². The number of esters is 1. The molecule has 1 N–H and O–H groups in total. The third-order valence-electron chi connectivity index (χ3n) is 5.75. The van der Waals surface area contributed by atoms with Gasteiger partial charge in [0.2, 0.25) is 11.7 Å². The van der Waals surface area contributed by atoms with Crippen LogP contribution >= 0.6 is 35.4 Å². The Balaban J connectivity index is 1.53. The number of rotatable bonds is 3. The van der Waals surface area contributed by atoms with E-state index in [2.05, 4.69) is 20.0 Å². The average Bonchev–Trinajstić information content (AvgIpc) is 2.80. The first-order valence-corrected chi connectivity index (χ1v) is 11.2. The maximum Gasteiger partial charge on any atom is 0.376 e. The predicted molar refractivity (Wildman–Crippen MR) is 125 cm³/mol. The fourth-order valence-corrected chi connectivity index (χ4v) is 4.69. The SMILES string of the molecule is COC(=O)c1ncc(N2C(=O)C3C[C@@H](C)N(C(=O)c4ccc(Cl)c(Cl)c4)CC3NC2=S)cn1. The molecular formula is C21H19Cl2N5O4S. The van der Waals surface area contributed by atoms with Crippen LogP contribution in [0.2, 0.25) is 10.0 Å². The van der Waals surface area contributed by atoms with Gasteiger partial charge in [0.15, 0.2) is 5.11 Å². The minimum Gasteiger partial charge on any atom is -0.463 e. The first-order chi connectivity index (χ1) is 15.7. The number of ether oxygens (including phenoxy) is 1. The number of carbonyl (C=O) groups excluding carboxylic acids is 3. The molecule has 0 radical (unpaired) electrons. The zero-order valence-electron chi connectivity index (χ0n) is 17.6. The summed E-state index contributed by atoms with van der Waals surface area (Å²) in [5.41, 5.74) is 0.759. The third-order valence-corrected chi connectivity index (χ3v) is 6.79. The van der Waals surface area contributed by atoms with Gasteiger partial charge in [0.1, 0.15) is 0 Å². The highest BCUT2D eigenvalue weighted by atomic mass is 35.5. The molecule has 2 aromatic rings. The van der Waals surface area contributed by atoms with Gasteiger partial charge in [-0.1, -0.05) is 23.2 Å². The number of benzene rings is 1. The van der Waals surface area contributed by atoms with Crippen molar-refractivity contribution in [3.63, 3.8) is 0 Å². The minimum absolute atomic E-state index is 0.120. The fraction of sp³-hybridized carbons (Fsp3) is 0.333. The normalized spacial score (nSPS) is 22.5. The summed E-state index contributed by atoms with van der Waals surface area (Å²) in [6.07, 6.45) is 3.12. The summed E-state index contributed by atoms with van der Waals surface area (Å²) in [5.74, 6) is -1.63. The molecule has 1 aromatic carbocycles. The summed E-state index contributed by atoms with van der Waals surface area (Å²) in [4.78, 5) is 49.0. The Kier molecular flexibility index (Phi) is 6.51. The van der Waals surface area contributed by atoms with Crippen molar-refractivity contribution in [1.82, 2.24) is 20.2 Å². The lowest BCUT2D eigenvalue weighted by molar-refractivity contribution is -0.125. The smallest absolute Gasteiger partial charge is 0.376 e. The van der Waals surface area contributed by atoms with E-state index in [4.69, 9.17) is 35.4 Å². The number of hydrogen-bond acceptors (Lipinski definition) is 7. The van der Waals surface area contributed by atoms with Crippen LogP contribution in [0.15, 0.2) is 30.6 Å². The molecule has 2 aliphatic rings. The summed E-state index contributed by atoms with van der Waals surface area (Å²) < 4.78 is 4.59. The monoisotopic (exact) mass is 507 g/mol. The number of likely N-dealkylation sites (tertiary alicyclic amines) is 1. The Labute approximate surface area is 205 Å². The van der Waals surface area contributed by atoms with E-state index in [-0.39, 0.29) is 34.8 Å². The van der Waals surface area contributed by atoms with E-state index < -0.39 is 11.9 Å². The molecule has 0 aliphatic carbocycles. The highest BCUT2D eigenvalue weighted by molar-refractivity contribution is 7.80. The molecule has 0 bridgehead atoms. The van der Waals surface area contributed by atoms with Crippen LogP contribution in [-0.4, -0.2) is 63.5 Å². The molecule has 12 heteroatoms. The maximum atomic E-state index is 13.3. The Morgan fingerprint density at radius 3 is 2.55 bits per heavy atom. The second kappa shape index (κ2) is 9.20. The second-order valence-electron chi connectivity index (χ2n) is 7.76. The predicted octanol–water partition coefficient (Wildman–Crippen LogP) is 2.71. The number of anilines is 1. The van der Waals surface area contributed by atoms with Crippen LogP contribution in [0.3, 0.4) is 0 Å². The number of nitrogens with zero attached hydrogens (tertiary/aromatic N) is 4. The van der Waals surface area contributed by atoms with Crippen LogP contribution in [0.5, 0.6) is 0 Å². The number of carbonyl (C=O) groups is 3. The van der Waals surface area contributed by atoms with Crippen molar-refractivity contribution >= 4 is 64.0 Å². The largest absolute Gasteiger partial charge is 0.463 e. The number of fused-ring (bicyclic) bond motifs is 1. The van der Waals surface area contributed by atoms with Crippen molar-refractivity contribution in [1.29, 1.82) is 0 Å². The zero-order chi connectivity index (χ0) is 23.9. The molecule has 0 spiro atoms. The second-order valence-corrected chi connectivity index (χ2v) is 8.96. The number of thiocarbonyl (C=S) groups is 1. The van der Waals surface area contributed by atoms with Gasteiger partial charge in [0, 0.05) is 18.2 Å². The van der Waals surface area contributed by atoms with Gasteiger partial charge in [-0.3, -0.25) is 14.5 Å². The molecule has 2 unspecified atom stereocenters. The summed E-state index contributed by atoms with van der Waals surface area (Å²) in [6.45, 7) is 2.19. The number of halogens is 2. The molecule has 4 rings (SSSR count). The van der Waals surface area contributed by atoms with Gasteiger partial charge < -0.3 is 15.0 Å². The quantitative estimate of drug-likeness (QED) is 0.499. The lowest BCUT2D eigenvalue weighted by Crippen LogP contribution is -2.67. The van der Waals surface area contributed by atoms with Gasteiger partial charge in [0.05, 0.1) is 47.2 Å². The summed E-state index contributed by atoms with van der Waals surface area (Å²) in [7, 11) is 1.23. The van der Waals surface area contributed by atoms with Gasteiger partial charge in [-0.05, 0) is 43.8 Å². The molecule has 2 aliphatic heterocycles. The van der Waals surface area contributed by atoms with Gasteiger partial charge in [-0.15, -0.1) is 0 Å². The Morgan fingerprint density at radius 2 is 1.91 bits per heavy atom. The fourth-order valence-electron chi connectivity index (χ4n) is 4.04. The molecule has 2 fully saturated rings. The van der Waals surface area contributed by atoms with E-state index >= 15 is 0 Å². The van der Waals surface area contributed by atoms with Crippen LogP contribution in [0, 0.1) is 5.92 Å². The summed E-state index contributed by atoms with van der Waals surface area (Å²) >= 11 is 17.5. The average molecular weight is 508 g/mol. The van der Waals surface area contributed by atoms with Crippen LogP contribution in [0.4, 0.5) is 5.69 Å². The van der Waals surface area contributed by atoms with E-state index in [0.717, 1.165) is 0 Å². The topological polar surface area (TPSA) is 105 Å². The van der Waals surface area contributed by atoms with E-state index in [1.807, 2.05) is 6.92 Å². The van der Waals surface area contributed by atoms with Crippen molar-refractivity contribution in [2.24, 2.45) is 5.92 Å². The number of aromatic nitrogens is 2. The van der Waals surface area contributed by atoms with Crippen molar-refractivity contribution in [3.8, 4) is 0 Å². The highest BCUT2D eigenvalue weighted by Crippen LogP contribution is 2.32. The standard InChI is InChI=1S/C21H19Cl2N5O4S/c1-10-5-13-16(9-27(10)18(29)11-3-4-14(22)15(23)6-11)26-21(33)28(19(13)30)12-7-24-17(25-8-12)20(31)32-2/h3-4,6-8,10,13,16H,5,9H2,1-2H3,(H,26,33)/t10-,13?,16?/m1/s1. The van der Waals surface area contributed by atoms with Crippen LogP contribution < -0.4 is 10.2 Å². The minimum atomic E-state index is -0.680. The van der Waals surface area contributed by atoms with E-state index in [0.29, 0.717) is 34.3 Å². The number of piperidine rings is 1. The van der Waals surface area contributed by atoms with Gasteiger partial charge >= 0.3 is 5.97 Å². The summed E-state index contributed by atoms with van der Waals surface area (Å²) in [6, 6.07) is 4.19. The van der Waals surface area contributed by atoms with Gasteiger partial charge in [0.25, 0.3) is 5.91 Å². The molecule has 0 saturated carbocycles. The maximum absolute atomic E-state index is 13.3. The first-order valence-electron chi connectivity index (χ1n) is 10.0. The third kappa shape index (κ3) is 4.38. The highest BCUT2D eigenvalue weighted by Gasteiger charge is 2.46. The molecule has 1 aromatic heterocycles.